The second kappa shape index (κ2) is 7.17. The SMILES string of the molecule is NC(=O)c1ccc(S(=O)(=O)NC(=O)COc2ccc3c(c2)CCC3)cc1. The van der Waals surface area contributed by atoms with E-state index in [1.165, 1.54) is 35.4 Å². The smallest absolute Gasteiger partial charge is 0.271 e. The average Bonchev–Trinajstić information content (AvgIpc) is 3.07. The molecule has 0 radical (unpaired) electrons. The van der Waals surface area contributed by atoms with Crippen LogP contribution in [0, 0.1) is 0 Å². The van der Waals surface area contributed by atoms with Crippen molar-refractivity contribution < 1.29 is 22.7 Å². The number of primary amides is 1. The van der Waals surface area contributed by atoms with Crippen molar-refractivity contribution in [3.8, 4) is 5.75 Å². The fourth-order valence-corrected chi connectivity index (χ4v) is 3.79. The van der Waals surface area contributed by atoms with E-state index in [9.17, 15) is 18.0 Å². The number of hydrogen-bond donors (Lipinski definition) is 2. The van der Waals surface area contributed by atoms with Crippen LogP contribution in [-0.4, -0.2) is 26.8 Å². The predicted octanol–water partition coefficient (Wildman–Crippen LogP) is 1.16. The minimum atomic E-state index is -4.05. The molecule has 2 amide bonds. The summed E-state index contributed by atoms with van der Waals surface area (Å²) in [5.74, 6) is -0.922. The number of rotatable bonds is 6. The molecule has 26 heavy (non-hydrogen) atoms. The third-order valence-electron chi connectivity index (χ3n) is 4.14. The summed E-state index contributed by atoms with van der Waals surface area (Å²) in [6, 6.07) is 10.6. The van der Waals surface area contributed by atoms with Gasteiger partial charge in [0.25, 0.3) is 15.9 Å². The number of nitrogens with one attached hydrogen (secondary N) is 1. The lowest BCUT2D eigenvalue weighted by atomic mass is 10.1. The summed E-state index contributed by atoms with van der Waals surface area (Å²) in [4.78, 5) is 22.8. The fraction of sp³-hybridized carbons (Fsp3) is 0.222. The first kappa shape index (κ1) is 17.9. The second-order valence-corrected chi connectivity index (χ2v) is 7.67. The van der Waals surface area contributed by atoms with Crippen LogP contribution in [0.3, 0.4) is 0 Å². The van der Waals surface area contributed by atoms with Crippen molar-refractivity contribution in [3.05, 3.63) is 59.2 Å². The molecule has 3 rings (SSSR count). The number of sulfonamides is 1. The van der Waals surface area contributed by atoms with E-state index < -0.39 is 28.4 Å². The summed E-state index contributed by atoms with van der Waals surface area (Å²) in [6.07, 6.45) is 3.13. The van der Waals surface area contributed by atoms with E-state index in [-0.39, 0.29) is 10.5 Å². The lowest BCUT2D eigenvalue weighted by Gasteiger charge is -2.10. The Hall–Kier alpha value is -2.87. The largest absolute Gasteiger partial charge is 0.484 e. The molecular formula is C18H18N2O5S. The van der Waals surface area contributed by atoms with Crippen molar-refractivity contribution in [2.75, 3.05) is 6.61 Å². The van der Waals surface area contributed by atoms with Crippen LogP contribution in [0.1, 0.15) is 27.9 Å². The highest BCUT2D eigenvalue weighted by molar-refractivity contribution is 7.90. The summed E-state index contributed by atoms with van der Waals surface area (Å²) in [5.41, 5.74) is 7.76. The predicted molar refractivity (Wildman–Crippen MR) is 94.3 cm³/mol. The number of amides is 2. The molecule has 1 aliphatic carbocycles. The molecule has 0 unspecified atom stereocenters. The zero-order valence-electron chi connectivity index (χ0n) is 13.9. The highest BCUT2D eigenvalue weighted by Gasteiger charge is 2.19. The van der Waals surface area contributed by atoms with Gasteiger partial charge in [0.1, 0.15) is 5.75 Å². The van der Waals surface area contributed by atoms with Crippen LogP contribution in [-0.2, 0) is 27.7 Å². The topological polar surface area (TPSA) is 116 Å². The van der Waals surface area contributed by atoms with Crippen LogP contribution < -0.4 is 15.2 Å². The van der Waals surface area contributed by atoms with Crippen molar-refractivity contribution in [2.45, 2.75) is 24.2 Å². The molecule has 0 heterocycles. The Labute approximate surface area is 151 Å². The first-order chi connectivity index (χ1) is 12.3. The van der Waals surface area contributed by atoms with Crippen molar-refractivity contribution in [2.24, 2.45) is 5.73 Å². The maximum atomic E-state index is 12.2. The molecular weight excluding hydrogens is 356 g/mol. The molecule has 0 spiro atoms. The number of hydrogen-bond acceptors (Lipinski definition) is 5. The molecule has 8 heteroatoms. The molecule has 2 aromatic rings. The highest BCUT2D eigenvalue weighted by Crippen LogP contribution is 2.25. The first-order valence-electron chi connectivity index (χ1n) is 8.05. The maximum absolute atomic E-state index is 12.2. The zero-order valence-corrected chi connectivity index (χ0v) is 14.7. The molecule has 3 N–H and O–H groups in total. The number of ether oxygens (including phenoxy) is 1. The molecule has 1 aliphatic rings. The number of fused-ring (bicyclic) bond motifs is 1. The Morgan fingerprint density at radius 1 is 1.04 bits per heavy atom. The summed E-state index contributed by atoms with van der Waals surface area (Å²) >= 11 is 0. The van der Waals surface area contributed by atoms with Gasteiger partial charge in [-0.1, -0.05) is 6.07 Å². The molecule has 0 atom stereocenters. The van der Waals surface area contributed by atoms with Crippen LogP contribution in [0.5, 0.6) is 5.75 Å². The quantitative estimate of drug-likeness (QED) is 0.787. The van der Waals surface area contributed by atoms with Gasteiger partial charge in [-0.25, -0.2) is 13.1 Å². The Kier molecular flexibility index (Phi) is 4.94. The van der Waals surface area contributed by atoms with E-state index in [2.05, 4.69) is 0 Å². The molecule has 0 aliphatic heterocycles. The Balaban J connectivity index is 1.60. The van der Waals surface area contributed by atoms with Gasteiger partial charge in [-0.3, -0.25) is 9.59 Å². The van der Waals surface area contributed by atoms with Crippen molar-refractivity contribution in [1.29, 1.82) is 0 Å². The summed E-state index contributed by atoms with van der Waals surface area (Å²) in [7, 11) is -4.05. The van der Waals surface area contributed by atoms with Crippen LogP contribution >= 0.6 is 0 Å². The molecule has 2 aromatic carbocycles. The molecule has 0 aromatic heterocycles. The zero-order chi connectivity index (χ0) is 18.7. The standard InChI is InChI=1S/C18H18N2O5S/c19-18(22)13-5-8-16(9-6-13)26(23,24)20-17(21)11-25-15-7-4-12-2-1-3-14(12)10-15/h4-10H,1-3,11H2,(H2,19,22)(H,20,21). The normalized spacial score (nSPS) is 13.1. The van der Waals surface area contributed by atoms with Gasteiger partial charge < -0.3 is 10.5 Å². The minimum absolute atomic E-state index is 0.145. The first-order valence-corrected chi connectivity index (χ1v) is 9.53. The van der Waals surface area contributed by atoms with Crippen LogP contribution in [0.2, 0.25) is 0 Å². The van der Waals surface area contributed by atoms with Crippen LogP contribution in [0.15, 0.2) is 47.4 Å². The number of carbonyl (C=O) groups is 2. The summed E-state index contributed by atoms with van der Waals surface area (Å²) in [6.45, 7) is -0.419. The molecule has 7 nitrogen and oxygen atoms in total. The van der Waals surface area contributed by atoms with E-state index in [0.717, 1.165) is 19.3 Å². The van der Waals surface area contributed by atoms with E-state index in [1.54, 1.807) is 6.07 Å². The summed E-state index contributed by atoms with van der Waals surface area (Å²) in [5, 5.41) is 0. The lowest BCUT2D eigenvalue weighted by Crippen LogP contribution is -2.34. The number of benzene rings is 2. The van der Waals surface area contributed by atoms with E-state index >= 15 is 0 Å². The molecule has 0 saturated heterocycles. The molecule has 136 valence electrons. The highest BCUT2D eigenvalue weighted by atomic mass is 32.2. The third kappa shape index (κ3) is 4.02. The Morgan fingerprint density at radius 3 is 2.42 bits per heavy atom. The van der Waals surface area contributed by atoms with Crippen molar-refractivity contribution in [1.82, 2.24) is 4.72 Å². The third-order valence-corrected chi connectivity index (χ3v) is 5.53. The van der Waals surface area contributed by atoms with Crippen LogP contribution in [0.25, 0.3) is 0 Å². The number of nitrogens with two attached hydrogens (primary N) is 1. The second-order valence-electron chi connectivity index (χ2n) is 5.99. The maximum Gasteiger partial charge on any atom is 0.271 e. The molecule has 0 bridgehead atoms. The van der Waals surface area contributed by atoms with Gasteiger partial charge in [-0.15, -0.1) is 0 Å². The van der Waals surface area contributed by atoms with Gasteiger partial charge in [-0.05, 0) is 66.8 Å². The van der Waals surface area contributed by atoms with Crippen molar-refractivity contribution in [3.63, 3.8) is 0 Å². The summed E-state index contributed by atoms with van der Waals surface area (Å²) < 4.78 is 31.7. The number of aryl methyl sites for hydroxylation is 2. The monoisotopic (exact) mass is 374 g/mol. The van der Waals surface area contributed by atoms with E-state index in [4.69, 9.17) is 10.5 Å². The molecule has 0 fully saturated rings. The molecule has 0 saturated carbocycles. The Morgan fingerprint density at radius 2 is 1.73 bits per heavy atom. The van der Waals surface area contributed by atoms with E-state index in [0.29, 0.717) is 5.75 Å². The minimum Gasteiger partial charge on any atom is -0.484 e. The van der Waals surface area contributed by atoms with Gasteiger partial charge in [0, 0.05) is 5.56 Å². The lowest BCUT2D eigenvalue weighted by molar-refractivity contribution is -0.121. The van der Waals surface area contributed by atoms with Gasteiger partial charge in [0.05, 0.1) is 4.90 Å². The van der Waals surface area contributed by atoms with Gasteiger partial charge >= 0.3 is 0 Å². The van der Waals surface area contributed by atoms with Crippen LogP contribution in [0.4, 0.5) is 0 Å². The van der Waals surface area contributed by atoms with Crippen molar-refractivity contribution >= 4 is 21.8 Å². The average molecular weight is 374 g/mol. The number of carbonyl (C=O) groups excluding carboxylic acids is 2. The fourth-order valence-electron chi connectivity index (χ4n) is 2.82. The Bertz CT molecular complexity index is 952. The van der Waals surface area contributed by atoms with Gasteiger partial charge in [0.2, 0.25) is 5.91 Å². The van der Waals surface area contributed by atoms with Gasteiger partial charge in [0.15, 0.2) is 6.61 Å². The van der Waals surface area contributed by atoms with Gasteiger partial charge in [-0.2, -0.15) is 0 Å². The van der Waals surface area contributed by atoms with E-state index in [1.807, 2.05) is 16.9 Å².